The number of aryl methyl sites for hydroxylation is 2. The van der Waals surface area contributed by atoms with Crippen LogP contribution in [0, 0.1) is 18.8 Å². The normalized spacial score (nSPS) is 13.1. The molecular formula is C13H23N3O. The Morgan fingerprint density at radius 1 is 1.53 bits per heavy atom. The van der Waals surface area contributed by atoms with Crippen LogP contribution in [0.4, 0.5) is 0 Å². The van der Waals surface area contributed by atoms with Gasteiger partial charge < -0.3 is 5.73 Å². The second-order valence-electron chi connectivity index (χ2n) is 5.11. The van der Waals surface area contributed by atoms with Crippen LogP contribution in [-0.2, 0) is 18.3 Å². The molecule has 96 valence electrons. The number of hydrogen-bond acceptors (Lipinski definition) is 3. The van der Waals surface area contributed by atoms with E-state index in [0.29, 0.717) is 18.9 Å². The summed E-state index contributed by atoms with van der Waals surface area (Å²) in [5.74, 6) is 0.704. The molecule has 1 unspecified atom stereocenters. The van der Waals surface area contributed by atoms with E-state index in [-0.39, 0.29) is 11.7 Å². The molecule has 17 heavy (non-hydrogen) atoms. The number of carbonyl (C=O) groups excluding carboxylic acids is 1. The van der Waals surface area contributed by atoms with E-state index < -0.39 is 0 Å². The van der Waals surface area contributed by atoms with Gasteiger partial charge in [0.05, 0.1) is 5.69 Å². The van der Waals surface area contributed by atoms with Gasteiger partial charge in [-0.25, -0.2) is 0 Å². The minimum atomic E-state index is -0.0230. The standard InChI is InChI=1S/C13H23N3O/c1-9(2)5-11(8-14)13(17)7-12-6-10(3)15-16(12)4/h6,9,11H,5,7-8,14H2,1-4H3. The highest BCUT2D eigenvalue weighted by molar-refractivity contribution is 5.83. The molecule has 0 radical (unpaired) electrons. The van der Waals surface area contributed by atoms with Crippen LogP contribution in [0.3, 0.4) is 0 Å². The van der Waals surface area contributed by atoms with Crippen molar-refractivity contribution in [1.29, 1.82) is 0 Å². The summed E-state index contributed by atoms with van der Waals surface area (Å²) in [6.07, 6.45) is 1.30. The third-order valence-electron chi connectivity index (χ3n) is 2.95. The molecule has 0 fully saturated rings. The zero-order valence-electron chi connectivity index (χ0n) is 11.2. The molecule has 0 aromatic carbocycles. The molecule has 4 nitrogen and oxygen atoms in total. The van der Waals surface area contributed by atoms with Crippen molar-refractivity contribution in [3.05, 3.63) is 17.5 Å². The highest BCUT2D eigenvalue weighted by Gasteiger charge is 2.19. The Hall–Kier alpha value is -1.16. The van der Waals surface area contributed by atoms with Crippen LogP contribution in [0.2, 0.25) is 0 Å². The fraction of sp³-hybridized carbons (Fsp3) is 0.692. The first kappa shape index (κ1) is 13.9. The molecule has 0 aliphatic heterocycles. The van der Waals surface area contributed by atoms with E-state index in [4.69, 9.17) is 5.73 Å². The van der Waals surface area contributed by atoms with Crippen LogP contribution in [0.1, 0.15) is 31.7 Å². The lowest BCUT2D eigenvalue weighted by atomic mass is 9.91. The first-order valence-electron chi connectivity index (χ1n) is 6.16. The summed E-state index contributed by atoms with van der Waals surface area (Å²) in [6.45, 7) is 6.60. The molecule has 0 spiro atoms. The van der Waals surface area contributed by atoms with Gasteiger partial charge in [0.1, 0.15) is 5.78 Å². The first-order valence-corrected chi connectivity index (χ1v) is 6.16. The van der Waals surface area contributed by atoms with Crippen molar-refractivity contribution in [3.63, 3.8) is 0 Å². The van der Waals surface area contributed by atoms with E-state index in [1.807, 2.05) is 20.0 Å². The predicted molar refractivity (Wildman–Crippen MR) is 68.7 cm³/mol. The van der Waals surface area contributed by atoms with Crippen LogP contribution in [0.5, 0.6) is 0 Å². The van der Waals surface area contributed by atoms with Crippen LogP contribution in [0.15, 0.2) is 6.07 Å². The van der Waals surface area contributed by atoms with Gasteiger partial charge in [0, 0.05) is 31.6 Å². The highest BCUT2D eigenvalue weighted by atomic mass is 16.1. The SMILES string of the molecule is Cc1cc(CC(=O)C(CN)CC(C)C)n(C)n1. The molecule has 1 rings (SSSR count). The lowest BCUT2D eigenvalue weighted by molar-refractivity contribution is -0.122. The maximum atomic E-state index is 12.1. The molecule has 1 heterocycles. The van der Waals surface area contributed by atoms with Crippen LogP contribution in [-0.4, -0.2) is 22.1 Å². The number of hydrogen-bond donors (Lipinski definition) is 1. The van der Waals surface area contributed by atoms with Crippen LogP contribution in [0.25, 0.3) is 0 Å². The molecular weight excluding hydrogens is 214 g/mol. The number of nitrogens with two attached hydrogens (primary N) is 1. The Morgan fingerprint density at radius 3 is 2.59 bits per heavy atom. The third-order valence-corrected chi connectivity index (χ3v) is 2.95. The van der Waals surface area contributed by atoms with E-state index in [1.54, 1.807) is 4.68 Å². The highest BCUT2D eigenvalue weighted by Crippen LogP contribution is 2.14. The Kier molecular flexibility index (Phi) is 4.87. The zero-order valence-corrected chi connectivity index (χ0v) is 11.2. The van der Waals surface area contributed by atoms with Gasteiger partial charge in [0.25, 0.3) is 0 Å². The lowest BCUT2D eigenvalue weighted by Crippen LogP contribution is -2.27. The Labute approximate surface area is 103 Å². The second-order valence-corrected chi connectivity index (χ2v) is 5.11. The summed E-state index contributed by atoms with van der Waals surface area (Å²) in [6, 6.07) is 1.96. The average Bonchev–Trinajstić information content (AvgIpc) is 2.53. The molecule has 0 saturated heterocycles. The van der Waals surface area contributed by atoms with E-state index in [2.05, 4.69) is 18.9 Å². The van der Waals surface area contributed by atoms with Crippen molar-refractivity contribution in [2.45, 2.75) is 33.6 Å². The minimum Gasteiger partial charge on any atom is -0.330 e. The summed E-state index contributed by atoms with van der Waals surface area (Å²) in [4.78, 5) is 12.1. The molecule has 0 aliphatic rings. The van der Waals surface area contributed by atoms with E-state index >= 15 is 0 Å². The van der Waals surface area contributed by atoms with Gasteiger partial charge >= 0.3 is 0 Å². The van der Waals surface area contributed by atoms with Crippen molar-refractivity contribution in [1.82, 2.24) is 9.78 Å². The van der Waals surface area contributed by atoms with Gasteiger partial charge in [-0.3, -0.25) is 9.48 Å². The van der Waals surface area contributed by atoms with Gasteiger partial charge in [-0.15, -0.1) is 0 Å². The Balaban J connectivity index is 2.67. The summed E-state index contributed by atoms with van der Waals surface area (Å²) in [5.41, 5.74) is 7.59. The lowest BCUT2D eigenvalue weighted by Gasteiger charge is -2.15. The largest absolute Gasteiger partial charge is 0.330 e. The molecule has 0 bridgehead atoms. The maximum absolute atomic E-state index is 12.1. The van der Waals surface area contributed by atoms with Crippen molar-refractivity contribution < 1.29 is 4.79 Å². The van der Waals surface area contributed by atoms with Gasteiger partial charge in [0.15, 0.2) is 0 Å². The molecule has 1 aromatic rings. The molecule has 1 aromatic heterocycles. The Bertz CT molecular complexity index is 382. The summed E-state index contributed by atoms with van der Waals surface area (Å²) >= 11 is 0. The van der Waals surface area contributed by atoms with Crippen molar-refractivity contribution in [2.24, 2.45) is 24.6 Å². The summed E-state index contributed by atoms with van der Waals surface area (Å²) < 4.78 is 1.77. The van der Waals surface area contributed by atoms with Gasteiger partial charge in [-0.2, -0.15) is 5.10 Å². The number of Topliss-reactive ketones (excluding diaryl/α,β-unsaturated/α-hetero) is 1. The predicted octanol–water partition coefficient (Wildman–Crippen LogP) is 1.46. The van der Waals surface area contributed by atoms with Crippen molar-refractivity contribution >= 4 is 5.78 Å². The summed E-state index contributed by atoms with van der Waals surface area (Å²) in [7, 11) is 1.87. The van der Waals surface area contributed by atoms with Crippen molar-refractivity contribution in [3.8, 4) is 0 Å². The molecule has 4 heteroatoms. The Morgan fingerprint density at radius 2 is 2.18 bits per heavy atom. The summed E-state index contributed by atoms with van der Waals surface area (Å²) in [5, 5.41) is 4.24. The van der Waals surface area contributed by atoms with Gasteiger partial charge in [-0.05, 0) is 25.3 Å². The van der Waals surface area contributed by atoms with E-state index in [9.17, 15) is 4.79 Å². The molecule has 1 atom stereocenters. The van der Waals surface area contributed by atoms with Gasteiger partial charge in [0.2, 0.25) is 0 Å². The number of ketones is 1. The quantitative estimate of drug-likeness (QED) is 0.815. The maximum Gasteiger partial charge on any atom is 0.143 e. The second kappa shape index (κ2) is 5.96. The monoisotopic (exact) mass is 237 g/mol. The third kappa shape index (κ3) is 3.97. The zero-order chi connectivity index (χ0) is 13.0. The fourth-order valence-corrected chi connectivity index (χ4v) is 2.08. The van der Waals surface area contributed by atoms with Crippen LogP contribution < -0.4 is 5.73 Å². The molecule has 0 saturated carbocycles. The number of rotatable bonds is 6. The topological polar surface area (TPSA) is 60.9 Å². The number of carbonyl (C=O) groups is 1. The molecule has 2 N–H and O–H groups in total. The average molecular weight is 237 g/mol. The number of nitrogens with zero attached hydrogens (tertiary/aromatic N) is 2. The van der Waals surface area contributed by atoms with E-state index in [0.717, 1.165) is 17.8 Å². The first-order chi connectivity index (χ1) is 7.93. The van der Waals surface area contributed by atoms with Crippen molar-refractivity contribution in [2.75, 3.05) is 6.54 Å². The smallest absolute Gasteiger partial charge is 0.143 e. The number of aromatic nitrogens is 2. The fourth-order valence-electron chi connectivity index (χ4n) is 2.08. The molecule has 0 aliphatic carbocycles. The minimum absolute atomic E-state index is 0.0230. The van der Waals surface area contributed by atoms with Crippen LogP contribution >= 0.6 is 0 Å². The van der Waals surface area contributed by atoms with E-state index in [1.165, 1.54) is 0 Å². The van der Waals surface area contributed by atoms with Gasteiger partial charge in [-0.1, -0.05) is 13.8 Å². The molecule has 0 amide bonds.